The molecule has 2 aromatic rings. The Bertz CT molecular complexity index is 1380. The maximum absolute atomic E-state index is 14.4. The Morgan fingerprint density at radius 2 is 1.85 bits per heavy atom. The highest BCUT2D eigenvalue weighted by molar-refractivity contribution is 6.47. The first kappa shape index (κ1) is 27.9. The highest BCUT2D eigenvalue weighted by Gasteiger charge is 2.55. The Morgan fingerprint density at radius 1 is 1.12 bits per heavy atom. The van der Waals surface area contributed by atoms with E-state index in [-0.39, 0.29) is 23.3 Å². The van der Waals surface area contributed by atoms with Gasteiger partial charge in [-0.05, 0) is 85.6 Å². The lowest BCUT2D eigenvalue weighted by atomic mass is 9.69. The van der Waals surface area contributed by atoms with Crippen molar-refractivity contribution in [3.63, 3.8) is 0 Å². The monoisotopic (exact) mass is 574 g/mol. The minimum absolute atomic E-state index is 0.0151. The summed E-state index contributed by atoms with van der Waals surface area (Å²) in [5.41, 5.74) is 8.42. The van der Waals surface area contributed by atoms with Crippen molar-refractivity contribution in [2.75, 3.05) is 13.2 Å². The molecule has 2 aliphatic carbocycles. The summed E-state index contributed by atoms with van der Waals surface area (Å²) < 4.78 is 0. The number of aliphatic imine (C=N–C) groups is 2. The SMILES string of the molecule is CC(C)(C)C1CCC2(CC1)N=C(c1cccc(Cl)c1)C(=O)N2[C@@H](c1ccc(C(=O)NCC2=NCNN2)cc1)C1CC1. The molecule has 2 aliphatic heterocycles. The smallest absolute Gasteiger partial charge is 0.275 e. The van der Waals surface area contributed by atoms with Gasteiger partial charge in [0.25, 0.3) is 11.8 Å². The van der Waals surface area contributed by atoms with E-state index < -0.39 is 5.66 Å². The summed E-state index contributed by atoms with van der Waals surface area (Å²) >= 11 is 6.35. The first-order chi connectivity index (χ1) is 19.6. The highest BCUT2D eigenvalue weighted by Crippen LogP contribution is 2.54. The predicted octanol–water partition coefficient (Wildman–Crippen LogP) is 5.25. The van der Waals surface area contributed by atoms with Gasteiger partial charge in [-0.25, -0.2) is 5.43 Å². The van der Waals surface area contributed by atoms with Crippen LogP contribution in [0.2, 0.25) is 5.02 Å². The van der Waals surface area contributed by atoms with Crippen LogP contribution in [-0.2, 0) is 4.79 Å². The van der Waals surface area contributed by atoms with Crippen LogP contribution < -0.4 is 16.2 Å². The van der Waals surface area contributed by atoms with Gasteiger partial charge in [0.1, 0.15) is 23.9 Å². The van der Waals surface area contributed by atoms with Crippen molar-refractivity contribution in [1.29, 1.82) is 0 Å². The third-order valence-corrected chi connectivity index (χ3v) is 9.39. The molecule has 2 saturated carbocycles. The molecule has 8 nitrogen and oxygen atoms in total. The van der Waals surface area contributed by atoms with Crippen LogP contribution in [0.3, 0.4) is 0 Å². The topological polar surface area (TPSA) is 98.2 Å². The molecule has 9 heteroatoms. The lowest BCUT2D eigenvalue weighted by Crippen LogP contribution is -2.52. The summed E-state index contributed by atoms with van der Waals surface area (Å²) in [6.45, 7) is 7.77. The lowest BCUT2D eigenvalue weighted by molar-refractivity contribution is -0.134. The molecule has 0 aromatic heterocycles. The predicted molar refractivity (Wildman–Crippen MR) is 162 cm³/mol. The van der Waals surface area contributed by atoms with E-state index in [1.165, 1.54) is 0 Å². The van der Waals surface area contributed by atoms with E-state index in [0.29, 0.717) is 47.2 Å². The number of rotatable bonds is 7. The minimum atomic E-state index is -0.567. The van der Waals surface area contributed by atoms with E-state index in [0.717, 1.165) is 49.7 Å². The largest absolute Gasteiger partial charge is 0.345 e. The van der Waals surface area contributed by atoms with Crippen LogP contribution in [0, 0.1) is 17.3 Å². The van der Waals surface area contributed by atoms with Crippen molar-refractivity contribution in [3.8, 4) is 0 Å². The van der Waals surface area contributed by atoms with Gasteiger partial charge in [-0.15, -0.1) is 0 Å². The molecule has 1 atom stereocenters. The Labute approximate surface area is 247 Å². The number of halogens is 1. The van der Waals surface area contributed by atoms with Gasteiger partial charge in [0.2, 0.25) is 0 Å². The number of hydrogen-bond donors (Lipinski definition) is 3. The van der Waals surface area contributed by atoms with Crippen LogP contribution in [-0.4, -0.2) is 47.1 Å². The van der Waals surface area contributed by atoms with E-state index in [4.69, 9.17) is 16.6 Å². The number of amidine groups is 1. The molecular weight excluding hydrogens is 536 g/mol. The number of hydrazine groups is 1. The molecule has 4 aliphatic rings. The second kappa shape index (κ2) is 10.9. The van der Waals surface area contributed by atoms with Gasteiger partial charge in [-0.2, -0.15) is 0 Å². The number of nitrogens with zero attached hydrogens (tertiary/aromatic N) is 3. The van der Waals surface area contributed by atoms with Gasteiger partial charge in [-0.1, -0.05) is 56.6 Å². The third kappa shape index (κ3) is 5.64. The van der Waals surface area contributed by atoms with Gasteiger partial charge < -0.3 is 15.6 Å². The fourth-order valence-corrected chi connectivity index (χ4v) is 6.87. The molecule has 41 heavy (non-hydrogen) atoms. The fraction of sp³-hybridized carbons (Fsp3) is 0.500. The normalized spacial score (nSPS) is 25.1. The van der Waals surface area contributed by atoms with Crippen LogP contribution in [0.15, 0.2) is 58.5 Å². The van der Waals surface area contributed by atoms with E-state index in [9.17, 15) is 9.59 Å². The van der Waals surface area contributed by atoms with Crippen molar-refractivity contribution in [2.24, 2.45) is 27.2 Å². The summed E-state index contributed by atoms with van der Waals surface area (Å²) in [6.07, 6.45) is 5.92. The van der Waals surface area contributed by atoms with E-state index >= 15 is 0 Å². The molecule has 2 fully saturated rings. The van der Waals surface area contributed by atoms with Gasteiger partial charge in [0, 0.05) is 16.1 Å². The molecule has 2 aromatic carbocycles. The Morgan fingerprint density at radius 3 is 2.46 bits per heavy atom. The molecule has 0 radical (unpaired) electrons. The molecule has 0 unspecified atom stereocenters. The van der Waals surface area contributed by atoms with Gasteiger partial charge in [-0.3, -0.25) is 19.6 Å². The van der Waals surface area contributed by atoms with Crippen molar-refractivity contribution in [3.05, 3.63) is 70.2 Å². The number of hydrogen-bond acceptors (Lipinski definition) is 6. The second-order valence-electron chi connectivity index (χ2n) is 12.9. The van der Waals surface area contributed by atoms with E-state index in [1.807, 2.05) is 48.5 Å². The van der Waals surface area contributed by atoms with Crippen molar-refractivity contribution in [2.45, 2.75) is 71.0 Å². The first-order valence-corrected chi connectivity index (χ1v) is 15.1. The highest BCUT2D eigenvalue weighted by atomic mass is 35.5. The summed E-state index contributed by atoms with van der Waals surface area (Å²) in [4.78, 5) is 38.8. The molecule has 0 saturated heterocycles. The summed E-state index contributed by atoms with van der Waals surface area (Å²) in [5.74, 6) is 1.51. The summed E-state index contributed by atoms with van der Waals surface area (Å²) in [5, 5.41) is 3.51. The molecule has 1 spiro atoms. The maximum atomic E-state index is 14.4. The van der Waals surface area contributed by atoms with E-state index in [1.54, 1.807) is 0 Å². The van der Waals surface area contributed by atoms with Crippen LogP contribution in [0.4, 0.5) is 0 Å². The number of amides is 2. The maximum Gasteiger partial charge on any atom is 0.275 e. The van der Waals surface area contributed by atoms with E-state index in [2.05, 4.69) is 46.8 Å². The summed E-state index contributed by atoms with van der Waals surface area (Å²) in [7, 11) is 0. The quantitative estimate of drug-likeness (QED) is 0.421. The minimum Gasteiger partial charge on any atom is -0.345 e. The fourth-order valence-electron chi connectivity index (χ4n) is 6.68. The third-order valence-electron chi connectivity index (χ3n) is 9.16. The van der Waals surface area contributed by atoms with Gasteiger partial charge >= 0.3 is 0 Å². The van der Waals surface area contributed by atoms with Crippen LogP contribution in [0.25, 0.3) is 0 Å². The molecule has 2 heterocycles. The molecule has 3 N–H and O–H groups in total. The zero-order valence-electron chi connectivity index (χ0n) is 24.0. The molecular formula is C32H39ClN6O2. The number of carbonyl (C=O) groups excluding carboxylic acids is 2. The molecule has 216 valence electrons. The standard InChI is InChI=1S/C32H39ClN6O2/c1-31(2,3)24-13-15-32(16-14-24)37-27(23-5-4-6-25(33)17-23)30(41)39(32)28(20-7-8-20)21-9-11-22(12-10-21)29(40)34-18-26-35-19-36-38-26/h4-6,9-12,17,20,24,28,36H,7-8,13-16,18-19H2,1-3H3,(H,34,40)(H,35,38)/t24?,28-,32?/m1/s1. The zero-order valence-corrected chi connectivity index (χ0v) is 24.8. The van der Waals surface area contributed by atoms with Crippen LogP contribution in [0.1, 0.15) is 86.8 Å². The second-order valence-corrected chi connectivity index (χ2v) is 13.4. The van der Waals surface area contributed by atoms with Crippen LogP contribution in [0.5, 0.6) is 0 Å². The number of benzene rings is 2. The molecule has 6 rings (SSSR count). The lowest BCUT2D eigenvalue weighted by Gasteiger charge is -2.47. The van der Waals surface area contributed by atoms with Gasteiger partial charge in [0.05, 0.1) is 12.6 Å². The average Bonchev–Trinajstić information content (AvgIpc) is 3.58. The Balaban J connectivity index is 1.30. The van der Waals surface area contributed by atoms with Crippen molar-refractivity contribution >= 4 is 35.0 Å². The average molecular weight is 575 g/mol. The Kier molecular flexibility index (Phi) is 7.41. The van der Waals surface area contributed by atoms with Gasteiger partial charge in [0.15, 0.2) is 0 Å². The molecule has 0 bridgehead atoms. The van der Waals surface area contributed by atoms with Crippen molar-refractivity contribution < 1.29 is 9.59 Å². The zero-order chi connectivity index (χ0) is 28.8. The molecule has 2 amide bonds. The Hall–Kier alpha value is -3.23. The number of carbonyl (C=O) groups is 2. The van der Waals surface area contributed by atoms with Crippen molar-refractivity contribution in [1.82, 2.24) is 21.1 Å². The summed E-state index contributed by atoms with van der Waals surface area (Å²) in [6, 6.07) is 15.2. The number of nitrogens with one attached hydrogen (secondary N) is 3. The first-order valence-electron chi connectivity index (χ1n) is 14.7. The van der Waals surface area contributed by atoms with Crippen LogP contribution >= 0.6 is 11.6 Å².